The van der Waals surface area contributed by atoms with Crippen LogP contribution in [0.15, 0.2) is 30.5 Å². The summed E-state index contributed by atoms with van der Waals surface area (Å²) in [5.41, 5.74) is 1.34. The summed E-state index contributed by atoms with van der Waals surface area (Å²) >= 11 is 0. The number of rotatable bonds is 2. The number of aromatic nitrogens is 1. The second-order valence-electron chi connectivity index (χ2n) is 4.98. The molecule has 0 spiro atoms. The Morgan fingerprint density at radius 3 is 2.85 bits per heavy atom. The maximum atomic E-state index is 12.4. The molecule has 20 heavy (non-hydrogen) atoms. The molecular weight excluding hydrogens is 260 g/mol. The van der Waals surface area contributed by atoms with Gasteiger partial charge in [-0.3, -0.25) is 4.79 Å². The highest BCUT2D eigenvalue weighted by Crippen LogP contribution is 2.22. The Bertz CT molecular complexity index is 679. The van der Waals surface area contributed by atoms with Crippen LogP contribution >= 0.6 is 0 Å². The third-order valence-corrected chi connectivity index (χ3v) is 3.63. The average Bonchev–Trinajstić information content (AvgIpc) is 3.02. The molecule has 2 aromatic rings. The molecule has 3 rings (SSSR count). The van der Waals surface area contributed by atoms with Crippen LogP contribution in [0.5, 0.6) is 0 Å². The largest absolute Gasteiger partial charge is 0.480 e. The number of aliphatic carboxylic acids is 1. The van der Waals surface area contributed by atoms with Gasteiger partial charge in [-0.2, -0.15) is 0 Å². The Morgan fingerprint density at radius 2 is 2.10 bits per heavy atom. The minimum Gasteiger partial charge on any atom is -0.480 e. The van der Waals surface area contributed by atoms with Crippen LogP contribution in [0.25, 0.3) is 10.9 Å². The number of H-pyrrole nitrogens is 1. The van der Waals surface area contributed by atoms with Crippen LogP contribution in [-0.2, 0) is 4.79 Å². The van der Waals surface area contributed by atoms with E-state index in [9.17, 15) is 14.7 Å². The molecule has 1 aromatic heterocycles. The number of hydrogen-bond donors (Lipinski definition) is 3. The molecule has 2 atom stereocenters. The zero-order chi connectivity index (χ0) is 14.3. The summed E-state index contributed by atoms with van der Waals surface area (Å²) in [6.07, 6.45) is 1.07. The van der Waals surface area contributed by atoms with Gasteiger partial charge in [0, 0.05) is 35.6 Å². The van der Waals surface area contributed by atoms with Crippen molar-refractivity contribution in [2.75, 3.05) is 6.54 Å². The van der Waals surface area contributed by atoms with Crippen LogP contribution in [0.4, 0.5) is 0 Å². The van der Waals surface area contributed by atoms with Crippen molar-refractivity contribution in [1.29, 1.82) is 0 Å². The molecule has 2 heterocycles. The molecule has 1 saturated heterocycles. The average molecular weight is 274 g/mol. The molecule has 1 amide bonds. The van der Waals surface area contributed by atoms with E-state index in [0.29, 0.717) is 5.56 Å². The van der Waals surface area contributed by atoms with E-state index in [2.05, 4.69) is 4.98 Å². The van der Waals surface area contributed by atoms with E-state index in [0.717, 1.165) is 10.9 Å². The summed E-state index contributed by atoms with van der Waals surface area (Å²) in [4.78, 5) is 27.8. The number of fused-ring (bicyclic) bond motifs is 1. The van der Waals surface area contributed by atoms with Gasteiger partial charge in [0.1, 0.15) is 6.04 Å². The molecule has 6 heteroatoms. The quantitative estimate of drug-likeness (QED) is 0.756. The fraction of sp³-hybridized carbons (Fsp3) is 0.286. The summed E-state index contributed by atoms with van der Waals surface area (Å²) in [5.74, 6) is -1.45. The van der Waals surface area contributed by atoms with Crippen molar-refractivity contribution in [2.24, 2.45) is 0 Å². The van der Waals surface area contributed by atoms with Gasteiger partial charge in [-0.05, 0) is 24.3 Å². The van der Waals surface area contributed by atoms with Crippen molar-refractivity contribution in [3.05, 3.63) is 36.0 Å². The number of carboxylic acid groups (broad SMARTS) is 1. The number of hydrogen-bond acceptors (Lipinski definition) is 3. The van der Waals surface area contributed by atoms with Gasteiger partial charge in [0.15, 0.2) is 0 Å². The molecule has 0 bridgehead atoms. The number of β-amino-alcohol motifs (C(OH)–C–C–N with tert-alkyl or cyclic N) is 1. The van der Waals surface area contributed by atoms with Gasteiger partial charge in [-0.1, -0.05) is 0 Å². The minimum atomic E-state index is -1.09. The summed E-state index contributed by atoms with van der Waals surface area (Å²) < 4.78 is 0. The number of carboxylic acids is 1. The highest BCUT2D eigenvalue weighted by molar-refractivity contribution is 6.00. The van der Waals surface area contributed by atoms with E-state index in [-0.39, 0.29) is 18.9 Å². The molecule has 0 radical (unpaired) electrons. The second-order valence-corrected chi connectivity index (χ2v) is 4.98. The molecule has 1 aliphatic rings. The SMILES string of the molecule is O=C(O)[C@H]1C[C@@H](O)CN1C(=O)c1ccc2[nH]ccc2c1. The number of nitrogens with zero attached hydrogens (tertiary/aromatic N) is 1. The van der Waals surface area contributed by atoms with Crippen molar-refractivity contribution in [1.82, 2.24) is 9.88 Å². The Hall–Kier alpha value is -2.34. The highest BCUT2D eigenvalue weighted by Gasteiger charge is 2.39. The lowest BCUT2D eigenvalue weighted by Crippen LogP contribution is -2.40. The van der Waals surface area contributed by atoms with Crippen molar-refractivity contribution in [3.63, 3.8) is 0 Å². The molecule has 1 aliphatic heterocycles. The van der Waals surface area contributed by atoms with Crippen molar-refractivity contribution in [3.8, 4) is 0 Å². The predicted octanol–water partition coefficient (Wildman–Crippen LogP) is 0.828. The number of aromatic amines is 1. The van der Waals surface area contributed by atoms with Crippen molar-refractivity contribution in [2.45, 2.75) is 18.6 Å². The normalized spacial score (nSPS) is 22.4. The zero-order valence-corrected chi connectivity index (χ0v) is 10.6. The molecule has 3 N–H and O–H groups in total. The molecular formula is C14H14N2O4. The van der Waals surface area contributed by atoms with Gasteiger partial charge in [-0.15, -0.1) is 0 Å². The lowest BCUT2D eigenvalue weighted by molar-refractivity contribution is -0.141. The smallest absolute Gasteiger partial charge is 0.326 e. The number of aliphatic hydroxyl groups excluding tert-OH is 1. The van der Waals surface area contributed by atoms with Crippen molar-refractivity contribution >= 4 is 22.8 Å². The number of likely N-dealkylation sites (tertiary alicyclic amines) is 1. The van der Waals surface area contributed by atoms with Gasteiger partial charge >= 0.3 is 5.97 Å². The number of aliphatic hydroxyl groups is 1. The van der Waals surface area contributed by atoms with Crippen LogP contribution in [0.1, 0.15) is 16.8 Å². The van der Waals surface area contributed by atoms with Crippen molar-refractivity contribution < 1.29 is 19.8 Å². The molecule has 0 saturated carbocycles. The Labute approximate surface area is 114 Å². The van der Waals surface area contributed by atoms with Gasteiger partial charge in [-0.25, -0.2) is 4.79 Å². The van der Waals surface area contributed by atoms with E-state index >= 15 is 0 Å². The van der Waals surface area contributed by atoms with Gasteiger partial charge < -0.3 is 20.1 Å². The first-order valence-corrected chi connectivity index (χ1v) is 6.35. The molecule has 1 aromatic carbocycles. The van der Waals surface area contributed by atoms with E-state index in [4.69, 9.17) is 5.11 Å². The summed E-state index contributed by atoms with van der Waals surface area (Å²) in [6.45, 7) is 0.0565. The first-order chi connectivity index (χ1) is 9.56. The Morgan fingerprint density at radius 1 is 1.30 bits per heavy atom. The Balaban J connectivity index is 1.92. The summed E-state index contributed by atoms with van der Waals surface area (Å²) in [5, 5.41) is 19.6. The molecule has 0 aliphatic carbocycles. The third kappa shape index (κ3) is 2.04. The highest BCUT2D eigenvalue weighted by atomic mass is 16.4. The monoisotopic (exact) mass is 274 g/mol. The van der Waals surface area contributed by atoms with Crippen LogP contribution in [-0.4, -0.2) is 50.7 Å². The maximum Gasteiger partial charge on any atom is 0.326 e. The zero-order valence-electron chi connectivity index (χ0n) is 10.6. The number of carbonyl (C=O) groups excluding carboxylic acids is 1. The van der Waals surface area contributed by atoms with E-state index in [1.807, 2.05) is 6.07 Å². The van der Waals surface area contributed by atoms with Crippen LogP contribution < -0.4 is 0 Å². The van der Waals surface area contributed by atoms with Gasteiger partial charge in [0.2, 0.25) is 0 Å². The second kappa shape index (κ2) is 4.64. The summed E-state index contributed by atoms with van der Waals surface area (Å²) in [7, 11) is 0. The van der Waals surface area contributed by atoms with Gasteiger partial charge in [0.05, 0.1) is 6.10 Å². The van der Waals surface area contributed by atoms with Crippen LogP contribution in [0.2, 0.25) is 0 Å². The topological polar surface area (TPSA) is 93.6 Å². The lowest BCUT2D eigenvalue weighted by atomic mass is 10.1. The number of nitrogens with one attached hydrogen (secondary N) is 1. The lowest BCUT2D eigenvalue weighted by Gasteiger charge is -2.21. The minimum absolute atomic E-state index is 0.0565. The van der Waals surface area contributed by atoms with Crippen LogP contribution in [0, 0.1) is 0 Å². The standard InChI is InChI=1S/C14H14N2O4/c17-10-6-12(14(19)20)16(7-10)13(18)9-1-2-11-8(5-9)3-4-15-11/h1-5,10,12,15,17H,6-7H2,(H,19,20)/t10-,12-/m1/s1. The third-order valence-electron chi connectivity index (χ3n) is 3.63. The fourth-order valence-corrected chi connectivity index (χ4v) is 2.62. The molecule has 104 valence electrons. The van der Waals surface area contributed by atoms with E-state index in [1.165, 1.54) is 4.90 Å². The van der Waals surface area contributed by atoms with Crippen LogP contribution in [0.3, 0.4) is 0 Å². The number of benzene rings is 1. The Kier molecular flexibility index (Phi) is 2.94. The molecule has 6 nitrogen and oxygen atoms in total. The van der Waals surface area contributed by atoms with Gasteiger partial charge in [0.25, 0.3) is 5.91 Å². The first-order valence-electron chi connectivity index (χ1n) is 6.35. The number of carbonyl (C=O) groups is 2. The fourth-order valence-electron chi connectivity index (χ4n) is 2.62. The maximum absolute atomic E-state index is 12.4. The summed E-state index contributed by atoms with van der Waals surface area (Å²) in [6, 6.07) is 6.05. The molecule has 0 unspecified atom stereocenters. The van der Waals surface area contributed by atoms with E-state index in [1.54, 1.807) is 24.4 Å². The number of amides is 1. The van der Waals surface area contributed by atoms with E-state index < -0.39 is 18.1 Å². The molecule has 1 fully saturated rings. The first kappa shape index (κ1) is 12.7. The predicted molar refractivity (Wildman–Crippen MR) is 71.4 cm³/mol.